The molecular weight excluding hydrogens is 464 g/mol. The van der Waals surface area contributed by atoms with Crippen LogP contribution in [-0.2, 0) is 29.1 Å². The number of nitrogen functional groups attached to an aromatic ring is 1. The molecule has 3 N–H and O–H groups in total. The van der Waals surface area contributed by atoms with Crippen LogP contribution in [0.2, 0.25) is 0 Å². The smallest absolute Gasteiger partial charge is 0.326 e. The van der Waals surface area contributed by atoms with Crippen molar-refractivity contribution in [1.82, 2.24) is 14.5 Å². The number of carboxylic acids is 1. The Morgan fingerprint density at radius 2 is 1.78 bits per heavy atom. The molecule has 1 amide bonds. The number of nitrogens with zero attached hydrogens (tertiary/aromatic N) is 3. The Labute approximate surface area is 216 Å². The van der Waals surface area contributed by atoms with Gasteiger partial charge in [0.05, 0.1) is 24.5 Å². The van der Waals surface area contributed by atoms with Crippen molar-refractivity contribution in [3.8, 4) is 0 Å². The normalized spacial score (nSPS) is 15.7. The monoisotopic (exact) mass is 494 g/mol. The summed E-state index contributed by atoms with van der Waals surface area (Å²) in [4.78, 5) is 32.7. The highest BCUT2D eigenvalue weighted by atomic mass is 16.4. The Morgan fingerprint density at radius 3 is 2.49 bits per heavy atom. The standard InChI is InChI=1S/C30H30N4O3/c1-19-7-6-10-23(13-19)28(22-8-4-3-5-9-22)29(35)34-17-25-26(15-27(34)30(36)37)33(18-32-25)16-21-11-12-24(31)20(2)14-21/h3-14,18,27-28H,15-17,31H2,1-2H3,(H,36,37). The van der Waals surface area contributed by atoms with Gasteiger partial charge in [-0.05, 0) is 42.2 Å². The van der Waals surface area contributed by atoms with Gasteiger partial charge in [-0.25, -0.2) is 9.78 Å². The highest BCUT2D eigenvalue weighted by molar-refractivity contribution is 5.91. The van der Waals surface area contributed by atoms with E-state index in [1.807, 2.05) is 91.2 Å². The molecule has 0 aliphatic carbocycles. The third-order valence-corrected chi connectivity index (χ3v) is 7.13. The summed E-state index contributed by atoms with van der Waals surface area (Å²) in [5, 5.41) is 10.2. The quantitative estimate of drug-likeness (QED) is 0.389. The van der Waals surface area contributed by atoms with Crippen LogP contribution in [0.3, 0.4) is 0 Å². The molecule has 4 aromatic rings. The van der Waals surface area contributed by atoms with E-state index < -0.39 is 17.9 Å². The van der Waals surface area contributed by atoms with E-state index in [0.29, 0.717) is 6.54 Å². The lowest BCUT2D eigenvalue weighted by Gasteiger charge is -2.35. The first-order chi connectivity index (χ1) is 17.8. The molecule has 0 radical (unpaired) electrons. The molecule has 5 rings (SSSR count). The van der Waals surface area contributed by atoms with Crippen LogP contribution in [0.5, 0.6) is 0 Å². The van der Waals surface area contributed by atoms with Crippen LogP contribution in [0.1, 0.15) is 45.1 Å². The van der Waals surface area contributed by atoms with Gasteiger partial charge in [0.1, 0.15) is 6.04 Å². The van der Waals surface area contributed by atoms with Gasteiger partial charge in [0.15, 0.2) is 0 Å². The van der Waals surface area contributed by atoms with Gasteiger partial charge in [-0.15, -0.1) is 0 Å². The van der Waals surface area contributed by atoms with Crippen molar-refractivity contribution < 1.29 is 14.7 Å². The summed E-state index contributed by atoms with van der Waals surface area (Å²) >= 11 is 0. The molecule has 1 aromatic heterocycles. The molecule has 7 heteroatoms. The number of amides is 1. The van der Waals surface area contributed by atoms with Gasteiger partial charge in [0, 0.05) is 24.3 Å². The maximum Gasteiger partial charge on any atom is 0.326 e. The van der Waals surface area contributed by atoms with Crippen molar-refractivity contribution in [3.63, 3.8) is 0 Å². The van der Waals surface area contributed by atoms with Crippen LogP contribution in [0.15, 0.2) is 79.1 Å². The van der Waals surface area contributed by atoms with Crippen molar-refractivity contribution in [2.45, 2.75) is 45.3 Å². The van der Waals surface area contributed by atoms with Crippen molar-refractivity contribution in [2.75, 3.05) is 5.73 Å². The number of hydrogen-bond acceptors (Lipinski definition) is 4. The van der Waals surface area contributed by atoms with Gasteiger partial charge in [-0.2, -0.15) is 0 Å². The zero-order valence-electron chi connectivity index (χ0n) is 21.0. The van der Waals surface area contributed by atoms with Crippen LogP contribution in [0, 0.1) is 13.8 Å². The second kappa shape index (κ2) is 9.93. The fourth-order valence-corrected chi connectivity index (χ4v) is 5.14. The summed E-state index contributed by atoms with van der Waals surface area (Å²) in [6.07, 6.45) is 1.93. The molecule has 188 valence electrons. The lowest BCUT2D eigenvalue weighted by Crippen LogP contribution is -2.50. The fraction of sp³-hybridized carbons (Fsp3) is 0.233. The number of aryl methyl sites for hydroxylation is 2. The first-order valence-electron chi connectivity index (χ1n) is 12.3. The van der Waals surface area contributed by atoms with Gasteiger partial charge < -0.3 is 20.3 Å². The van der Waals surface area contributed by atoms with Crippen LogP contribution >= 0.6 is 0 Å². The largest absolute Gasteiger partial charge is 0.480 e. The van der Waals surface area contributed by atoms with Gasteiger partial charge in [-0.3, -0.25) is 4.79 Å². The molecule has 0 saturated carbocycles. The molecule has 2 heterocycles. The molecule has 0 fully saturated rings. The third-order valence-electron chi connectivity index (χ3n) is 7.13. The number of imidazole rings is 1. The van der Waals surface area contributed by atoms with E-state index in [1.54, 1.807) is 6.33 Å². The Hall–Kier alpha value is -4.39. The summed E-state index contributed by atoms with van der Waals surface area (Å²) in [6, 6.07) is 22.3. The molecule has 0 saturated heterocycles. The summed E-state index contributed by atoms with van der Waals surface area (Å²) in [7, 11) is 0. The summed E-state index contributed by atoms with van der Waals surface area (Å²) in [5.41, 5.74) is 13.0. The number of carbonyl (C=O) groups is 2. The van der Waals surface area contributed by atoms with Gasteiger partial charge in [0.25, 0.3) is 0 Å². The number of carbonyl (C=O) groups excluding carboxylic acids is 1. The fourth-order valence-electron chi connectivity index (χ4n) is 5.14. The van der Waals surface area contributed by atoms with Crippen LogP contribution in [0.25, 0.3) is 0 Å². The Kier molecular flexibility index (Phi) is 6.53. The molecule has 1 aliphatic heterocycles. The number of aliphatic carboxylic acids is 1. The van der Waals surface area contributed by atoms with E-state index in [1.165, 1.54) is 4.90 Å². The lowest BCUT2D eigenvalue weighted by atomic mass is 9.87. The van der Waals surface area contributed by atoms with Gasteiger partial charge in [-0.1, -0.05) is 72.3 Å². The summed E-state index contributed by atoms with van der Waals surface area (Å²) < 4.78 is 1.98. The topological polar surface area (TPSA) is 101 Å². The predicted octanol–water partition coefficient (Wildman–Crippen LogP) is 4.30. The van der Waals surface area contributed by atoms with Gasteiger partial charge >= 0.3 is 5.97 Å². The number of aromatic nitrogens is 2. The molecule has 1 aliphatic rings. The molecule has 2 atom stereocenters. The highest BCUT2D eigenvalue weighted by Crippen LogP contribution is 2.32. The molecule has 0 bridgehead atoms. The van der Waals surface area contributed by atoms with Crippen molar-refractivity contribution in [1.29, 1.82) is 0 Å². The SMILES string of the molecule is Cc1cccc(C(C(=O)N2Cc3ncn(Cc4ccc(N)c(C)c4)c3CC2C(=O)O)c2ccccc2)c1. The number of carboxylic acid groups (broad SMARTS) is 1. The zero-order valence-corrected chi connectivity index (χ0v) is 21.0. The second-order valence-electron chi connectivity index (χ2n) is 9.74. The van der Waals surface area contributed by atoms with E-state index in [-0.39, 0.29) is 18.9 Å². The maximum absolute atomic E-state index is 14.1. The predicted molar refractivity (Wildman–Crippen MR) is 142 cm³/mol. The van der Waals surface area contributed by atoms with Crippen molar-refractivity contribution in [2.24, 2.45) is 0 Å². The van der Waals surface area contributed by atoms with Gasteiger partial charge in [0.2, 0.25) is 5.91 Å². The number of anilines is 1. The third kappa shape index (κ3) is 4.85. The molecule has 37 heavy (non-hydrogen) atoms. The van der Waals surface area contributed by atoms with Crippen molar-refractivity contribution in [3.05, 3.63) is 118 Å². The Bertz CT molecular complexity index is 1460. The molecule has 7 nitrogen and oxygen atoms in total. The minimum Gasteiger partial charge on any atom is -0.480 e. The van der Waals surface area contributed by atoms with E-state index in [4.69, 9.17) is 5.73 Å². The molecule has 0 spiro atoms. The number of rotatable bonds is 6. The Balaban J connectivity index is 1.49. The second-order valence-corrected chi connectivity index (χ2v) is 9.74. The van der Waals surface area contributed by atoms with Crippen LogP contribution in [-0.4, -0.2) is 37.5 Å². The van der Waals surface area contributed by atoms with E-state index >= 15 is 0 Å². The average molecular weight is 495 g/mol. The number of nitrogens with two attached hydrogens (primary N) is 1. The summed E-state index contributed by atoms with van der Waals surface area (Å²) in [5.74, 6) is -1.87. The molecule has 3 aromatic carbocycles. The minimum atomic E-state index is -1.02. The number of fused-ring (bicyclic) bond motifs is 1. The molecular formula is C30H30N4O3. The van der Waals surface area contributed by atoms with Crippen LogP contribution < -0.4 is 5.73 Å². The molecule has 2 unspecified atom stereocenters. The number of benzene rings is 3. The number of hydrogen-bond donors (Lipinski definition) is 2. The Morgan fingerprint density at radius 1 is 1.03 bits per heavy atom. The van der Waals surface area contributed by atoms with E-state index in [9.17, 15) is 14.7 Å². The average Bonchev–Trinajstić information content (AvgIpc) is 3.28. The first-order valence-corrected chi connectivity index (χ1v) is 12.3. The highest BCUT2D eigenvalue weighted by Gasteiger charge is 2.40. The lowest BCUT2D eigenvalue weighted by molar-refractivity contribution is -0.151. The first kappa shape index (κ1) is 24.3. The minimum absolute atomic E-state index is 0.147. The zero-order chi connectivity index (χ0) is 26.1. The van der Waals surface area contributed by atoms with E-state index in [0.717, 1.165) is 44.9 Å². The summed E-state index contributed by atoms with van der Waals surface area (Å²) in [6.45, 7) is 4.65. The van der Waals surface area contributed by atoms with Crippen LogP contribution in [0.4, 0.5) is 5.69 Å². The maximum atomic E-state index is 14.1. The van der Waals surface area contributed by atoms with E-state index in [2.05, 4.69) is 4.98 Å². The van der Waals surface area contributed by atoms with Crippen molar-refractivity contribution >= 4 is 17.6 Å².